The highest BCUT2D eigenvalue weighted by molar-refractivity contribution is 5.17. The Morgan fingerprint density at radius 3 is 2.85 bits per heavy atom. The van der Waals surface area contributed by atoms with E-state index in [1.807, 2.05) is 0 Å². The van der Waals surface area contributed by atoms with Crippen molar-refractivity contribution in [3.05, 3.63) is 24.3 Å². The molecule has 0 aliphatic heterocycles. The lowest BCUT2D eigenvalue weighted by Gasteiger charge is -2.23. The first-order valence-corrected chi connectivity index (χ1v) is 5.32. The van der Waals surface area contributed by atoms with E-state index >= 15 is 0 Å². The van der Waals surface area contributed by atoms with Crippen molar-refractivity contribution in [3.63, 3.8) is 0 Å². The van der Waals surface area contributed by atoms with E-state index < -0.39 is 0 Å². The Labute approximate surface area is 80.2 Å². The first-order valence-electron chi connectivity index (χ1n) is 5.32. The van der Waals surface area contributed by atoms with Crippen molar-refractivity contribution < 1.29 is 5.11 Å². The van der Waals surface area contributed by atoms with Crippen LogP contribution in [0.15, 0.2) is 24.3 Å². The van der Waals surface area contributed by atoms with Gasteiger partial charge < -0.3 is 5.11 Å². The minimum atomic E-state index is 0.351. The molecule has 2 aliphatic carbocycles. The molecule has 2 rings (SSSR count). The van der Waals surface area contributed by atoms with Gasteiger partial charge in [0.25, 0.3) is 0 Å². The van der Waals surface area contributed by atoms with Gasteiger partial charge in [-0.05, 0) is 36.5 Å². The third-order valence-electron chi connectivity index (χ3n) is 3.49. The van der Waals surface area contributed by atoms with Crippen LogP contribution in [0.2, 0.25) is 0 Å². The lowest BCUT2D eigenvalue weighted by atomic mass is 9.83. The summed E-state index contributed by atoms with van der Waals surface area (Å²) in [5.41, 5.74) is 0. The van der Waals surface area contributed by atoms with Crippen molar-refractivity contribution in [2.45, 2.75) is 19.8 Å². The molecule has 72 valence electrons. The third kappa shape index (κ3) is 1.46. The van der Waals surface area contributed by atoms with E-state index in [4.69, 9.17) is 0 Å². The van der Waals surface area contributed by atoms with Crippen molar-refractivity contribution in [2.75, 3.05) is 6.61 Å². The van der Waals surface area contributed by atoms with Gasteiger partial charge in [-0.15, -0.1) is 0 Å². The van der Waals surface area contributed by atoms with Gasteiger partial charge in [-0.2, -0.15) is 0 Å². The molecule has 4 unspecified atom stereocenters. The van der Waals surface area contributed by atoms with Gasteiger partial charge in [-0.1, -0.05) is 31.2 Å². The summed E-state index contributed by atoms with van der Waals surface area (Å²) in [5.74, 6) is 2.48. The molecule has 2 aliphatic rings. The van der Waals surface area contributed by atoms with Crippen molar-refractivity contribution >= 4 is 0 Å². The van der Waals surface area contributed by atoms with Gasteiger partial charge in [0.15, 0.2) is 0 Å². The number of rotatable bonds is 3. The molecule has 0 saturated heterocycles. The molecule has 0 amide bonds. The predicted molar refractivity (Wildman–Crippen MR) is 54.2 cm³/mol. The molecule has 0 heterocycles. The molecule has 4 atom stereocenters. The number of fused-ring (bicyclic) bond motifs is 2. The van der Waals surface area contributed by atoms with Crippen LogP contribution in [0.1, 0.15) is 19.8 Å². The molecule has 0 aromatic carbocycles. The van der Waals surface area contributed by atoms with Crippen molar-refractivity contribution in [2.24, 2.45) is 23.7 Å². The van der Waals surface area contributed by atoms with Crippen molar-refractivity contribution in [3.8, 4) is 0 Å². The van der Waals surface area contributed by atoms with E-state index in [1.54, 1.807) is 0 Å². The maximum absolute atomic E-state index is 9.29. The van der Waals surface area contributed by atoms with Gasteiger partial charge in [0.2, 0.25) is 0 Å². The van der Waals surface area contributed by atoms with Crippen LogP contribution in [0.3, 0.4) is 0 Å². The van der Waals surface area contributed by atoms with E-state index in [0.717, 1.165) is 6.42 Å². The van der Waals surface area contributed by atoms with Crippen LogP contribution in [0.4, 0.5) is 0 Å². The Hall–Kier alpha value is -0.560. The Morgan fingerprint density at radius 2 is 2.15 bits per heavy atom. The van der Waals surface area contributed by atoms with Crippen LogP contribution in [0.25, 0.3) is 0 Å². The summed E-state index contributed by atoms with van der Waals surface area (Å²) in [6.07, 6.45) is 11.6. The lowest BCUT2D eigenvalue weighted by Crippen LogP contribution is -2.21. The van der Waals surface area contributed by atoms with Crippen LogP contribution in [0.5, 0.6) is 0 Å². The molecular weight excluding hydrogens is 160 g/mol. The fourth-order valence-electron chi connectivity index (χ4n) is 2.80. The maximum Gasteiger partial charge on any atom is 0.0470 e. The van der Waals surface area contributed by atoms with Crippen LogP contribution in [-0.4, -0.2) is 11.7 Å². The predicted octanol–water partition coefficient (Wildman–Crippen LogP) is 2.38. The van der Waals surface area contributed by atoms with Crippen LogP contribution in [0, 0.1) is 23.7 Å². The Kier molecular flexibility index (Phi) is 2.54. The van der Waals surface area contributed by atoms with Crippen LogP contribution in [-0.2, 0) is 0 Å². The van der Waals surface area contributed by atoms with Crippen LogP contribution >= 0.6 is 0 Å². The molecule has 1 fully saturated rings. The zero-order valence-electron chi connectivity index (χ0n) is 8.19. The van der Waals surface area contributed by atoms with E-state index in [2.05, 4.69) is 31.2 Å². The monoisotopic (exact) mass is 178 g/mol. The molecule has 1 saturated carbocycles. The summed E-state index contributed by atoms with van der Waals surface area (Å²) in [5, 5.41) is 9.29. The second-order valence-electron chi connectivity index (χ2n) is 4.21. The van der Waals surface area contributed by atoms with Gasteiger partial charge >= 0.3 is 0 Å². The second kappa shape index (κ2) is 3.67. The Morgan fingerprint density at radius 1 is 1.38 bits per heavy atom. The zero-order chi connectivity index (χ0) is 9.26. The van der Waals surface area contributed by atoms with Crippen molar-refractivity contribution in [1.29, 1.82) is 0 Å². The van der Waals surface area contributed by atoms with E-state index in [9.17, 15) is 5.11 Å². The lowest BCUT2D eigenvalue weighted by molar-refractivity contribution is 0.182. The van der Waals surface area contributed by atoms with Gasteiger partial charge in [0, 0.05) is 6.61 Å². The molecule has 0 spiro atoms. The number of hydrogen-bond donors (Lipinski definition) is 1. The minimum Gasteiger partial charge on any atom is -0.396 e. The SMILES string of the molecule is CC/C=C\C1C2C=CC(C2)C1CO. The first kappa shape index (κ1) is 9.01. The number of aliphatic hydroxyl groups excluding tert-OH is 1. The Balaban J connectivity index is 2.09. The van der Waals surface area contributed by atoms with E-state index in [0.29, 0.717) is 30.3 Å². The molecular formula is C12H18O. The van der Waals surface area contributed by atoms with E-state index in [-0.39, 0.29) is 0 Å². The molecule has 1 nitrogen and oxygen atoms in total. The normalized spacial score (nSPS) is 42.3. The fourth-order valence-corrected chi connectivity index (χ4v) is 2.80. The van der Waals surface area contributed by atoms with Gasteiger partial charge in [-0.25, -0.2) is 0 Å². The minimum absolute atomic E-state index is 0.351. The second-order valence-corrected chi connectivity index (χ2v) is 4.21. The summed E-state index contributed by atoms with van der Waals surface area (Å²) < 4.78 is 0. The molecule has 2 bridgehead atoms. The van der Waals surface area contributed by atoms with Crippen LogP contribution < -0.4 is 0 Å². The fraction of sp³-hybridized carbons (Fsp3) is 0.667. The summed E-state index contributed by atoms with van der Waals surface area (Å²) >= 11 is 0. The number of allylic oxidation sites excluding steroid dienone is 4. The molecule has 13 heavy (non-hydrogen) atoms. The molecule has 0 aromatic rings. The standard InChI is InChI=1S/C12H18O/c1-2-3-4-11-9-5-6-10(7-9)12(11)8-13/h3-6,9-13H,2,7-8H2,1H3/b4-3-. The molecule has 0 aromatic heterocycles. The first-order chi connectivity index (χ1) is 6.36. The largest absolute Gasteiger partial charge is 0.396 e. The summed E-state index contributed by atoms with van der Waals surface area (Å²) in [4.78, 5) is 0. The van der Waals surface area contributed by atoms with Gasteiger partial charge in [-0.3, -0.25) is 0 Å². The summed E-state index contributed by atoms with van der Waals surface area (Å²) in [6, 6.07) is 0. The average molecular weight is 178 g/mol. The smallest absolute Gasteiger partial charge is 0.0470 e. The molecule has 1 heteroatoms. The van der Waals surface area contributed by atoms with Crippen molar-refractivity contribution in [1.82, 2.24) is 0 Å². The number of hydrogen-bond acceptors (Lipinski definition) is 1. The van der Waals surface area contributed by atoms with Gasteiger partial charge in [0.1, 0.15) is 0 Å². The third-order valence-corrected chi connectivity index (χ3v) is 3.49. The van der Waals surface area contributed by atoms with E-state index in [1.165, 1.54) is 6.42 Å². The highest BCUT2D eigenvalue weighted by atomic mass is 16.3. The maximum atomic E-state index is 9.29. The highest BCUT2D eigenvalue weighted by Crippen LogP contribution is 2.48. The summed E-state index contributed by atoms with van der Waals surface area (Å²) in [6.45, 7) is 2.51. The molecule has 0 radical (unpaired) electrons. The highest BCUT2D eigenvalue weighted by Gasteiger charge is 2.42. The number of aliphatic hydroxyl groups is 1. The quantitative estimate of drug-likeness (QED) is 0.658. The Bertz CT molecular complexity index is 229. The summed E-state index contributed by atoms with van der Waals surface area (Å²) in [7, 11) is 0. The van der Waals surface area contributed by atoms with Gasteiger partial charge in [0.05, 0.1) is 0 Å². The average Bonchev–Trinajstić information content (AvgIpc) is 2.73. The molecule has 1 N–H and O–H groups in total. The topological polar surface area (TPSA) is 20.2 Å². The zero-order valence-corrected chi connectivity index (χ0v) is 8.19.